The van der Waals surface area contributed by atoms with Crippen molar-refractivity contribution in [3.63, 3.8) is 0 Å². The smallest absolute Gasteiger partial charge is 0.222 e. The van der Waals surface area contributed by atoms with Crippen molar-refractivity contribution in [1.82, 2.24) is 0 Å². The fourth-order valence-corrected chi connectivity index (χ4v) is 0.499. The molecule has 1 fully saturated rings. The van der Waals surface area contributed by atoms with Crippen LogP contribution in [0.25, 0.3) is 0 Å². The standard InChI is InChI=1S/C5H10O4/c1-4(2)5(6,7)3-8-9-4/h6-7H,3H2,1-2H3. The van der Waals surface area contributed by atoms with Gasteiger partial charge >= 0.3 is 0 Å². The maximum absolute atomic E-state index is 9.03. The second-order valence-corrected chi connectivity index (χ2v) is 2.67. The average molecular weight is 134 g/mol. The molecule has 2 N–H and O–H groups in total. The largest absolute Gasteiger partial charge is 0.361 e. The van der Waals surface area contributed by atoms with E-state index in [9.17, 15) is 0 Å². The Bertz CT molecular complexity index is 104. The SMILES string of the molecule is CC1(C)OOCC1(O)O. The summed E-state index contributed by atoms with van der Waals surface area (Å²) in [6.07, 6.45) is 0. The van der Waals surface area contributed by atoms with E-state index in [1.165, 1.54) is 0 Å². The fraction of sp³-hybridized carbons (Fsp3) is 1.00. The Labute approximate surface area is 52.9 Å². The van der Waals surface area contributed by atoms with E-state index in [-0.39, 0.29) is 6.61 Å². The summed E-state index contributed by atoms with van der Waals surface area (Å²) in [5, 5.41) is 18.1. The van der Waals surface area contributed by atoms with Crippen LogP contribution < -0.4 is 0 Å². The predicted molar refractivity (Wildman–Crippen MR) is 28.3 cm³/mol. The van der Waals surface area contributed by atoms with Gasteiger partial charge in [-0.2, -0.15) is 0 Å². The highest BCUT2D eigenvalue weighted by molar-refractivity contribution is 4.87. The van der Waals surface area contributed by atoms with E-state index in [4.69, 9.17) is 10.2 Å². The van der Waals surface area contributed by atoms with Gasteiger partial charge in [0.1, 0.15) is 6.61 Å². The summed E-state index contributed by atoms with van der Waals surface area (Å²) in [5.74, 6) is -1.85. The summed E-state index contributed by atoms with van der Waals surface area (Å²) in [6, 6.07) is 0. The van der Waals surface area contributed by atoms with Crippen LogP contribution in [-0.2, 0) is 9.78 Å². The van der Waals surface area contributed by atoms with Crippen molar-refractivity contribution in [3.05, 3.63) is 0 Å². The van der Waals surface area contributed by atoms with Gasteiger partial charge in [-0.15, -0.1) is 0 Å². The zero-order valence-electron chi connectivity index (χ0n) is 5.42. The normalized spacial score (nSPS) is 30.7. The molecule has 0 bridgehead atoms. The maximum Gasteiger partial charge on any atom is 0.222 e. The van der Waals surface area contributed by atoms with Crippen LogP contribution in [0, 0.1) is 0 Å². The minimum absolute atomic E-state index is 0.194. The molecule has 1 aliphatic heterocycles. The summed E-state index contributed by atoms with van der Waals surface area (Å²) in [5.41, 5.74) is -1.02. The zero-order chi connectivity index (χ0) is 7.12. The third-order valence-corrected chi connectivity index (χ3v) is 1.49. The Kier molecular flexibility index (Phi) is 1.29. The van der Waals surface area contributed by atoms with E-state index in [2.05, 4.69) is 9.78 Å². The molecule has 0 amide bonds. The van der Waals surface area contributed by atoms with Gasteiger partial charge < -0.3 is 10.2 Å². The Balaban J connectivity index is 2.75. The van der Waals surface area contributed by atoms with Crippen molar-refractivity contribution in [2.24, 2.45) is 0 Å². The molecule has 0 unspecified atom stereocenters. The lowest BCUT2D eigenvalue weighted by atomic mass is 10.00. The number of hydrogen-bond donors (Lipinski definition) is 2. The maximum atomic E-state index is 9.03. The summed E-state index contributed by atoms with van der Waals surface area (Å²) >= 11 is 0. The molecule has 54 valence electrons. The van der Waals surface area contributed by atoms with Gasteiger partial charge in [-0.1, -0.05) is 0 Å². The van der Waals surface area contributed by atoms with Crippen LogP contribution in [0.2, 0.25) is 0 Å². The van der Waals surface area contributed by atoms with Crippen molar-refractivity contribution < 1.29 is 20.0 Å². The van der Waals surface area contributed by atoms with Crippen LogP contribution in [0.1, 0.15) is 13.8 Å². The molecule has 1 rings (SSSR count). The second-order valence-electron chi connectivity index (χ2n) is 2.67. The van der Waals surface area contributed by atoms with Crippen molar-refractivity contribution in [2.45, 2.75) is 25.2 Å². The van der Waals surface area contributed by atoms with Gasteiger partial charge in [0.2, 0.25) is 5.79 Å². The third-order valence-electron chi connectivity index (χ3n) is 1.49. The van der Waals surface area contributed by atoms with Crippen LogP contribution in [0.5, 0.6) is 0 Å². The molecule has 9 heavy (non-hydrogen) atoms. The van der Waals surface area contributed by atoms with E-state index < -0.39 is 11.4 Å². The molecule has 0 spiro atoms. The monoisotopic (exact) mass is 134 g/mol. The molecule has 0 aromatic rings. The molecule has 1 saturated heterocycles. The molecule has 0 aliphatic carbocycles. The number of aliphatic hydroxyl groups is 2. The fourth-order valence-electron chi connectivity index (χ4n) is 0.499. The molecule has 4 nitrogen and oxygen atoms in total. The molecule has 0 radical (unpaired) electrons. The van der Waals surface area contributed by atoms with Gasteiger partial charge in [0.15, 0.2) is 5.60 Å². The molecule has 0 atom stereocenters. The van der Waals surface area contributed by atoms with Gasteiger partial charge in [-0.25, -0.2) is 9.78 Å². The van der Waals surface area contributed by atoms with Crippen LogP contribution in [-0.4, -0.2) is 28.2 Å². The predicted octanol–water partition coefficient (Wildman–Crippen LogP) is -0.592. The topological polar surface area (TPSA) is 58.9 Å². The van der Waals surface area contributed by atoms with E-state index >= 15 is 0 Å². The average Bonchev–Trinajstić information content (AvgIpc) is 1.81. The second kappa shape index (κ2) is 1.67. The van der Waals surface area contributed by atoms with E-state index in [1.807, 2.05) is 0 Å². The Morgan fingerprint density at radius 3 is 2.00 bits per heavy atom. The molecule has 0 aromatic heterocycles. The number of hydrogen-bond acceptors (Lipinski definition) is 4. The Morgan fingerprint density at radius 2 is 1.89 bits per heavy atom. The summed E-state index contributed by atoms with van der Waals surface area (Å²) in [7, 11) is 0. The van der Waals surface area contributed by atoms with Crippen molar-refractivity contribution in [3.8, 4) is 0 Å². The first-order valence-electron chi connectivity index (χ1n) is 2.71. The van der Waals surface area contributed by atoms with Crippen LogP contribution in [0.3, 0.4) is 0 Å². The molecule has 0 aromatic carbocycles. The van der Waals surface area contributed by atoms with E-state index in [0.717, 1.165) is 0 Å². The summed E-state index contributed by atoms with van der Waals surface area (Å²) < 4.78 is 0. The van der Waals surface area contributed by atoms with Crippen molar-refractivity contribution >= 4 is 0 Å². The van der Waals surface area contributed by atoms with Gasteiger partial charge in [0.05, 0.1) is 0 Å². The van der Waals surface area contributed by atoms with Gasteiger partial charge in [0.25, 0.3) is 0 Å². The zero-order valence-corrected chi connectivity index (χ0v) is 5.42. The summed E-state index contributed by atoms with van der Waals surface area (Å²) in [4.78, 5) is 8.93. The molecule has 1 heterocycles. The Hall–Kier alpha value is -0.160. The van der Waals surface area contributed by atoms with Gasteiger partial charge in [0, 0.05) is 0 Å². The first-order valence-corrected chi connectivity index (χ1v) is 2.71. The van der Waals surface area contributed by atoms with E-state index in [0.29, 0.717) is 0 Å². The number of rotatable bonds is 0. The van der Waals surface area contributed by atoms with E-state index in [1.54, 1.807) is 13.8 Å². The van der Waals surface area contributed by atoms with Crippen molar-refractivity contribution in [1.29, 1.82) is 0 Å². The summed E-state index contributed by atoms with van der Waals surface area (Å²) in [6.45, 7) is 2.89. The van der Waals surface area contributed by atoms with Crippen LogP contribution >= 0.6 is 0 Å². The minimum atomic E-state index is -1.85. The Morgan fingerprint density at radius 1 is 1.33 bits per heavy atom. The lowest BCUT2D eigenvalue weighted by Crippen LogP contribution is -2.48. The third kappa shape index (κ3) is 0.943. The highest BCUT2D eigenvalue weighted by Gasteiger charge is 2.50. The lowest BCUT2D eigenvalue weighted by molar-refractivity contribution is -0.312. The molecular formula is C5H10O4. The van der Waals surface area contributed by atoms with Crippen LogP contribution in [0.15, 0.2) is 0 Å². The van der Waals surface area contributed by atoms with Gasteiger partial charge in [-0.05, 0) is 13.8 Å². The highest BCUT2D eigenvalue weighted by atomic mass is 17.2. The van der Waals surface area contributed by atoms with Crippen LogP contribution in [0.4, 0.5) is 0 Å². The first-order chi connectivity index (χ1) is 3.96. The first kappa shape index (κ1) is 6.95. The lowest BCUT2D eigenvalue weighted by Gasteiger charge is -2.25. The quantitative estimate of drug-likeness (QED) is 0.343. The molecule has 0 saturated carbocycles. The van der Waals surface area contributed by atoms with Crippen molar-refractivity contribution in [2.75, 3.05) is 6.61 Å². The van der Waals surface area contributed by atoms with Gasteiger partial charge in [-0.3, -0.25) is 0 Å². The minimum Gasteiger partial charge on any atom is -0.361 e. The molecule has 4 heteroatoms. The molecular weight excluding hydrogens is 124 g/mol. The highest BCUT2D eigenvalue weighted by Crippen LogP contribution is 2.29. The molecule has 1 aliphatic rings.